The zero-order valence-corrected chi connectivity index (χ0v) is 13.2. The first-order valence-electron chi connectivity index (χ1n) is 6.82. The molecule has 0 amide bonds. The van der Waals surface area contributed by atoms with Gasteiger partial charge in [-0.1, -0.05) is 6.92 Å². The molecule has 1 fully saturated rings. The van der Waals surface area contributed by atoms with Crippen molar-refractivity contribution >= 4 is 15.9 Å². The summed E-state index contributed by atoms with van der Waals surface area (Å²) in [5.74, 6) is 0.280. The van der Waals surface area contributed by atoms with E-state index in [-0.39, 0.29) is 10.8 Å². The Morgan fingerprint density at radius 3 is 2.25 bits per heavy atom. The van der Waals surface area contributed by atoms with E-state index in [1.54, 1.807) is 13.8 Å². The van der Waals surface area contributed by atoms with E-state index in [1.807, 2.05) is 0 Å². The molecule has 1 aliphatic rings. The molecule has 0 atom stereocenters. The highest BCUT2D eigenvalue weighted by atomic mass is 32.2. The smallest absolute Gasteiger partial charge is 0.246 e. The summed E-state index contributed by atoms with van der Waals surface area (Å²) in [5, 5.41) is 4.05. The lowest BCUT2D eigenvalue weighted by atomic mass is 10.0. The summed E-state index contributed by atoms with van der Waals surface area (Å²) in [6, 6.07) is 0. The van der Waals surface area contributed by atoms with Crippen LogP contribution < -0.4 is 0 Å². The monoisotopic (exact) mass is 299 g/mol. The number of piperidine rings is 1. The van der Waals surface area contributed by atoms with Crippen LogP contribution in [0.5, 0.6) is 0 Å². The first-order valence-corrected chi connectivity index (χ1v) is 8.26. The van der Waals surface area contributed by atoms with E-state index in [9.17, 15) is 13.2 Å². The van der Waals surface area contributed by atoms with Gasteiger partial charge < -0.3 is 0 Å². The minimum Gasteiger partial charge on any atom is -0.273 e. The fourth-order valence-electron chi connectivity index (χ4n) is 2.66. The molecule has 2 rings (SSSR count). The topological polar surface area (TPSA) is 72.3 Å². The van der Waals surface area contributed by atoms with Crippen LogP contribution in [-0.4, -0.2) is 41.5 Å². The highest BCUT2D eigenvalue weighted by Crippen LogP contribution is 2.27. The van der Waals surface area contributed by atoms with Gasteiger partial charge in [0.25, 0.3) is 0 Å². The largest absolute Gasteiger partial charge is 0.273 e. The molecule has 0 saturated carbocycles. The van der Waals surface area contributed by atoms with Crippen molar-refractivity contribution in [3.05, 3.63) is 11.4 Å². The molecule has 0 aromatic carbocycles. The van der Waals surface area contributed by atoms with Crippen LogP contribution in [0.1, 0.15) is 42.9 Å². The maximum Gasteiger partial charge on any atom is 0.246 e. The number of aromatic nitrogens is 2. The summed E-state index contributed by atoms with van der Waals surface area (Å²) >= 11 is 0. The molecule has 0 radical (unpaired) electrons. The third-order valence-corrected chi connectivity index (χ3v) is 6.02. The molecule has 1 aliphatic heterocycles. The van der Waals surface area contributed by atoms with Crippen LogP contribution in [0.25, 0.3) is 0 Å². The molecular weight excluding hydrogens is 278 g/mol. The Bertz CT molecular complexity index is 626. The van der Waals surface area contributed by atoms with Crippen molar-refractivity contribution in [2.45, 2.75) is 45.4 Å². The standard InChI is InChI=1S/C13H21N3O3S/c1-9-5-7-15(8-6-9)20(18,19)13-10(2)14-16(11(13)3)12(4)17/h9H,5-8H2,1-4H3. The van der Waals surface area contributed by atoms with Crippen molar-refractivity contribution in [3.8, 4) is 0 Å². The van der Waals surface area contributed by atoms with E-state index in [0.29, 0.717) is 30.4 Å². The maximum absolute atomic E-state index is 12.7. The van der Waals surface area contributed by atoms with Crippen LogP contribution >= 0.6 is 0 Å². The average molecular weight is 299 g/mol. The van der Waals surface area contributed by atoms with Gasteiger partial charge in [0.2, 0.25) is 15.9 Å². The Balaban J connectivity index is 2.42. The summed E-state index contributed by atoms with van der Waals surface area (Å²) in [6.07, 6.45) is 1.75. The lowest BCUT2D eigenvalue weighted by molar-refractivity contribution is 0.0918. The molecule has 2 heterocycles. The summed E-state index contributed by atoms with van der Waals surface area (Å²) < 4.78 is 28.1. The van der Waals surface area contributed by atoms with Crippen molar-refractivity contribution < 1.29 is 13.2 Å². The van der Waals surface area contributed by atoms with E-state index in [2.05, 4.69) is 12.0 Å². The SMILES string of the molecule is CC(=O)n1nc(C)c(S(=O)(=O)N2CCC(C)CC2)c1C. The molecule has 0 aliphatic carbocycles. The molecular formula is C13H21N3O3S. The lowest BCUT2D eigenvalue weighted by Gasteiger charge is -2.29. The van der Waals surface area contributed by atoms with Crippen molar-refractivity contribution in [2.24, 2.45) is 5.92 Å². The number of aryl methyl sites for hydroxylation is 1. The predicted octanol–water partition coefficient (Wildman–Crippen LogP) is 1.58. The Hall–Kier alpha value is -1.21. The second-order valence-corrected chi connectivity index (χ2v) is 7.39. The number of rotatable bonds is 2. The van der Waals surface area contributed by atoms with Gasteiger partial charge >= 0.3 is 0 Å². The van der Waals surface area contributed by atoms with Crippen LogP contribution in [0.3, 0.4) is 0 Å². The highest BCUT2D eigenvalue weighted by Gasteiger charge is 2.33. The van der Waals surface area contributed by atoms with Gasteiger partial charge in [0, 0.05) is 20.0 Å². The molecule has 0 unspecified atom stereocenters. The van der Waals surface area contributed by atoms with E-state index in [4.69, 9.17) is 0 Å². The van der Waals surface area contributed by atoms with Gasteiger partial charge in [0.05, 0.1) is 11.4 Å². The third-order valence-electron chi connectivity index (χ3n) is 3.86. The first kappa shape index (κ1) is 15.2. The second-order valence-electron chi connectivity index (χ2n) is 5.52. The van der Waals surface area contributed by atoms with Gasteiger partial charge in [-0.25, -0.2) is 13.1 Å². The van der Waals surface area contributed by atoms with Crippen LogP contribution in [0.4, 0.5) is 0 Å². The van der Waals surface area contributed by atoms with E-state index >= 15 is 0 Å². The quantitative estimate of drug-likeness (QED) is 0.831. The van der Waals surface area contributed by atoms with Crippen LogP contribution in [-0.2, 0) is 10.0 Å². The number of hydrogen-bond donors (Lipinski definition) is 0. The molecule has 1 aromatic heterocycles. The fraction of sp³-hybridized carbons (Fsp3) is 0.692. The predicted molar refractivity (Wildman–Crippen MR) is 75.2 cm³/mol. The van der Waals surface area contributed by atoms with Gasteiger partial charge in [0.15, 0.2) is 0 Å². The summed E-state index contributed by atoms with van der Waals surface area (Å²) in [5.41, 5.74) is 0.782. The van der Waals surface area contributed by atoms with Gasteiger partial charge in [-0.15, -0.1) is 0 Å². The zero-order valence-electron chi connectivity index (χ0n) is 12.4. The van der Waals surface area contributed by atoms with Crippen molar-refractivity contribution in [3.63, 3.8) is 0 Å². The minimum absolute atomic E-state index is 0.183. The normalized spacial score (nSPS) is 18.4. The average Bonchev–Trinajstić information content (AvgIpc) is 2.66. The molecule has 7 heteroatoms. The molecule has 0 bridgehead atoms. The molecule has 0 spiro atoms. The van der Waals surface area contributed by atoms with Crippen molar-refractivity contribution in [1.29, 1.82) is 0 Å². The Labute approximate surface area is 119 Å². The maximum atomic E-state index is 12.7. The first-order chi connectivity index (χ1) is 9.25. The van der Waals surface area contributed by atoms with E-state index < -0.39 is 10.0 Å². The number of carbonyl (C=O) groups is 1. The molecule has 1 aromatic rings. The third kappa shape index (κ3) is 2.52. The highest BCUT2D eigenvalue weighted by molar-refractivity contribution is 7.89. The lowest BCUT2D eigenvalue weighted by Crippen LogP contribution is -2.38. The summed E-state index contributed by atoms with van der Waals surface area (Å²) in [4.78, 5) is 11.7. The summed E-state index contributed by atoms with van der Waals surface area (Å²) in [7, 11) is -3.56. The Morgan fingerprint density at radius 1 is 1.25 bits per heavy atom. The molecule has 112 valence electrons. The molecule has 1 saturated heterocycles. The molecule has 0 N–H and O–H groups in total. The Morgan fingerprint density at radius 2 is 1.80 bits per heavy atom. The zero-order chi connectivity index (χ0) is 15.1. The van der Waals surface area contributed by atoms with Crippen molar-refractivity contribution in [1.82, 2.24) is 14.1 Å². The fourth-order valence-corrected chi connectivity index (χ4v) is 4.49. The number of nitrogens with zero attached hydrogens (tertiary/aromatic N) is 3. The molecule has 20 heavy (non-hydrogen) atoms. The van der Waals surface area contributed by atoms with Gasteiger partial charge in [-0.2, -0.15) is 9.40 Å². The van der Waals surface area contributed by atoms with Gasteiger partial charge in [0.1, 0.15) is 4.90 Å². The van der Waals surface area contributed by atoms with Crippen LogP contribution in [0, 0.1) is 19.8 Å². The van der Waals surface area contributed by atoms with Gasteiger partial charge in [-0.3, -0.25) is 4.79 Å². The minimum atomic E-state index is -3.56. The number of carbonyl (C=O) groups excluding carboxylic acids is 1. The Kier molecular flexibility index (Phi) is 4.02. The molecule has 6 nitrogen and oxygen atoms in total. The van der Waals surface area contributed by atoms with E-state index in [1.165, 1.54) is 11.2 Å². The van der Waals surface area contributed by atoms with Crippen LogP contribution in [0.2, 0.25) is 0 Å². The van der Waals surface area contributed by atoms with Gasteiger partial charge in [-0.05, 0) is 32.6 Å². The van der Waals surface area contributed by atoms with Crippen molar-refractivity contribution in [2.75, 3.05) is 13.1 Å². The van der Waals surface area contributed by atoms with E-state index in [0.717, 1.165) is 17.5 Å². The van der Waals surface area contributed by atoms with Crippen LogP contribution in [0.15, 0.2) is 4.90 Å². The number of hydrogen-bond acceptors (Lipinski definition) is 4. The summed E-state index contributed by atoms with van der Waals surface area (Å²) in [6.45, 7) is 7.83. The number of sulfonamides is 1. The second kappa shape index (κ2) is 5.29.